The topological polar surface area (TPSA) is 31.6 Å². The third-order valence-corrected chi connectivity index (χ3v) is 4.07. The first-order chi connectivity index (χ1) is 8.54. The zero-order chi connectivity index (χ0) is 12.8. The minimum absolute atomic E-state index is 0.0747. The minimum atomic E-state index is -0.453. The average molecular weight is 248 g/mol. The second-order valence-corrected chi connectivity index (χ2v) is 6.01. The molecular weight excluding hydrogens is 228 g/mol. The second-order valence-electron chi connectivity index (χ2n) is 6.01. The Morgan fingerprint density at radius 2 is 2.06 bits per heavy atom. The highest BCUT2D eigenvalue weighted by molar-refractivity contribution is 5.29. The van der Waals surface area contributed by atoms with Crippen LogP contribution in [-0.2, 0) is 15.9 Å². The van der Waals surface area contributed by atoms with Crippen molar-refractivity contribution < 1.29 is 13.9 Å². The van der Waals surface area contributed by atoms with Crippen molar-refractivity contribution in [2.24, 2.45) is 5.41 Å². The van der Waals surface area contributed by atoms with Gasteiger partial charge in [-0.05, 0) is 38.3 Å². The van der Waals surface area contributed by atoms with Crippen molar-refractivity contribution in [2.45, 2.75) is 38.4 Å². The molecule has 1 aliphatic heterocycles. The van der Waals surface area contributed by atoms with E-state index in [1.165, 1.54) is 5.56 Å². The van der Waals surface area contributed by atoms with Gasteiger partial charge < -0.3 is 13.9 Å². The highest BCUT2D eigenvalue weighted by atomic mass is 16.7. The molecule has 0 saturated carbocycles. The monoisotopic (exact) mass is 248 g/mol. The van der Waals surface area contributed by atoms with Gasteiger partial charge in [-0.3, -0.25) is 0 Å². The summed E-state index contributed by atoms with van der Waals surface area (Å²) in [5, 5.41) is 0. The van der Waals surface area contributed by atoms with Crippen molar-refractivity contribution in [2.75, 3.05) is 13.2 Å². The number of furan rings is 1. The van der Waals surface area contributed by atoms with E-state index in [4.69, 9.17) is 13.9 Å². The predicted octanol–water partition coefficient (Wildman–Crippen LogP) is 3.26. The van der Waals surface area contributed by atoms with E-state index >= 15 is 0 Å². The van der Waals surface area contributed by atoms with Crippen LogP contribution in [0.2, 0.25) is 0 Å². The molecule has 98 valence electrons. The van der Waals surface area contributed by atoms with Gasteiger partial charge in [-0.25, -0.2) is 0 Å². The van der Waals surface area contributed by atoms with E-state index in [9.17, 15) is 0 Å². The second kappa shape index (κ2) is 3.97. The lowest BCUT2D eigenvalue weighted by Gasteiger charge is -2.46. The van der Waals surface area contributed by atoms with Crippen LogP contribution in [-0.4, -0.2) is 19.0 Å². The molecule has 1 aromatic heterocycles. The molecule has 3 nitrogen and oxygen atoms in total. The van der Waals surface area contributed by atoms with Gasteiger partial charge in [0.25, 0.3) is 0 Å². The molecule has 0 aromatic carbocycles. The maximum absolute atomic E-state index is 5.86. The molecule has 3 rings (SSSR count). The third kappa shape index (κ3) is 1.91. The molecule has 1 spiro atoms. The highest BCUT2D eigenvalue weighted by Crippen LogP contribution is 2.46. The molecule has 3 heteroatoms. The first-order valence-corrected chi connectivity index (χ1v) is 6.50. The van der Waals surface area contributed by atoms with E-state index < -0.39 is 5.79 Å². The summed E-state index contributed by atoms with van der Waals surface area (Å²) >= 11 is 0. The van der Waals surface area contributed by atoms with E-state index in [-0.39, 0.29) is 11.3 Å². The summed E-state index contributed by atoms with van der Waals surface area (Å²) < 4.78 is 17.3. The molecule has 1 unspecified atom stereocenters. The Kier molecular flexibility index (Phi) is 2.65. The SMILES string of the molecule is C=CC1CC2(COC(C)(C)OC2)Cc2ccoc21. The quantitative estimate of drug-likeness (QED) is 0.715. The lowest BCUT2D eigenvalue weighted by Crippen LogP contribution is -2.49. The molecule has 1 atom stereocenters. The predicted molar refractivity (Wildman–Crippen MR) is 68.4 cm³/mol. The Balaban J connectivity index is 1.87. The fourth-order valence-corrected chi connectivity index (χ4v) is 3.00. The van der Waals surface area contributed by atoms with Crippen LogP contribution >= 0.6 is 0 Å². The maximum Gasteiger partial charge on any atom is 0.162 e. The fraction of sp³-hybridized carbons (Fsp3) is 0.600. The molecule has 0 N–H and O–H groups in total. The third-order valence-electron chi connectivity index (χ3n) is 4.07. The summed E-state index contributed by atoms with van der Waals surface area (Å²) in [6.45, 7) is 9.36. The molecule has 2 aliphatic rings. The van der Waals surface area contributed by atoms with E-state index in [0.29, 0.717) is 0 Å². The van der Waals surface area contributed by atoms with E-state index in [0.717, 1.165) is 31.8 Å². The van der Waals surface area contributed by atoms with Crippen LogP contribution in [0.5, 0.6) is 0 Å². The van der Waals surface area contributed by atoms with Gasteiger partial charge in [-0.1, -0.05) is 6.08 Å². The lowest BCUT2D eigenvalue weighted by atomic mass is 9.70. The van der Waals surface area contributed by atoms with Crippen molar-refractivity contribution in [1.82, 2.24) is 0 Å². The molecule has 0 radical (unpaired) electrons. The number of hydrogen-bond acceptors (Lipinski definition) is 3. The number of ether oxygens (including phenoxy) is 2. The average Bonchev–Trinajstić information content (AvgIpc) is 2.80. The van der Waals surface area contributed by atoms with Crippen LogP contribution < -0.4 is 0 Å². The van der Waals surface area contributed by atoms with Crippen molar-refractivity contribution >= 4 is 0 Å². The number of rotatable bonds is 1. The Hall–Kier alpha value is -1.06. The molecule has 1 aliphatic carbocycles. The number of hydrogen-bond donors (Lipinski definition) is 0. The van der Waals surface area contributed by atoms with Gasteiger partial charge in [0, 0.05) is 11.3 Å². The van der Waals surface area contributed by atoms with Gasteiger partial charge >= 0.3 is 0 Å². The summed E-state index contributed by atoms with van der Waals surface area (Å²) in [4.78, 5) is 0. The van der Waals surface area contributed by atoms with Crippen LogP contribution in [0, 0.1) is 5.41 Å². The standard InChI is InChI=1S/C15H20O3/c1-4-11-7-15(8-12-5-6-16-13(11)12)9-17-14(2,3)18-10-15/h4-6,11H,1,7-10H2,2-3H3. The molecule has 0 bridgehead atoms. The van der Waals surface area contributed by atoms with Crippen molar-refractivity contribution in [1.29, 1.82) is 0 Å². The summed E-state index contributed by atoms with van der Waals surface area (Å²) in [6.07, 6.45) is 5.71. The van der Waals surface area contributed by atoms with Crippen molar-refractivity contribution in [3.05, 3.63) is 36.3 Å². The van der Waals surface area contributed by atoms with Crippen molar-refractivity contribution in [3.8, 4) is 0 Å². The van der Waals surface area contributed by atoms with E-state index in [1.54, 1.807) is 6.26 Å². The normalized spacial score (nSPS) is 28.9. The molecule has 1 saturated heterocycles. The minimum Gasteiger partial charge on any atom is -0.468 e. The zero-order valence-corrected chi connectivity index (χ0v) is 11.1. The van der Waals surface area contributed by atoms with Crippen molar-refractivity contribution in [3.63, 3.8) is 0 Å². The highest BCUT2D eigenvalue weighted by Gasteiger charge is 2.45. The summed E-state index contributed by atoms with van der Waals surface area (Å²) in [5.74, 6) is 0.892. The molecule has 2 heterocycles. The maximum atomic E-state index is 5.86. The smallest absolute Gasteiger partial charge is 0.162 e. The van der Waals surface area contributed by atoms with Gasteiger partial charge in [-0.15, -0.1) is 6.58 Å². The zero-order valence-electron chi connectivity index (χ0n) is 11.1. The number of fused-ring (bicyclic) bond motifs is 1. The van der Waals surface area contributed by atoms with Gasteiger partial charge in [0.1, 0.15) is 5.76 Å². The molecule has 0 amide bonds. The van der Waals surface area contributed by atoms with Crippen LogP contribution in [0.15, 0.2) is 29.4 Å². The Morgan fingerprint density at radius 3 is 2.72 bits per heavy atom. The van der Waals surface area contributed by atoms with Gasteiger partial charge in [-0.2, -0.15) is 0 Å². The summed E-state index contributed by atoms with van der Waals surface area (Å²) in [5.41, 5.74) is 1.35. The van der Waals surface area contributed by atoms with Gasteiger partial charge in [0.05, 0.1) is 19.5 Å². The van der Waals surface area contributed by atoms with E-state index in [2.05, 4.69) is 12.6 Å². The molecule has 1 fully saturated rings. The van der Waals surface area contributed by atoms with Crippen LogP contribution in [0.25, 0.3) is 0 Å². The first-order valence-electron chi connectivity index (χ1n) is 6.50. The van der Waals surface area contributed by atoms with Crippen LogP contribution in [0.4, 0.5) is 0 Å². The first kappa shape index (κ1) is 12.0. The van der Waals surface area contributed by atoms with Crippen LogP contribution in [0.3, 0.4) is 0 Å². The van der Waals surface area contributed by atoms with Gasteiger partial charge in [0.2, 0.25) is 0 Å². The molecular formula is C15H20O3. The number of allylic oxidation sites excluding steroid dienone is 1. The Morgan fingerprint density at radius 1 is 1.33 bits per heavy atom. The lowest BCUT2D eigenvalue weighted by molar-refractivity contribution is -0.287. The molecule has 1 aromatic rings. The summed E-state index contributed by atoms with van der Waals surface area (Å²) in [7, 11) is 0. The van der Waals surface area contributed by atoms with Crippen LogP contribution in [0.1, 0.15) is 37.5 Å². The van der Waals surface area contributed by atoms with E-state index in [1.807, 2.05) is 19.9 Å². The largest absolute Gasteiger partial charge is 0.468 e. The fourth-order valence-electron chi connectivity index (χ4n) is 3.00. The molecule has 18 heavy (non-hydrogen) atoms. The van der Waals surface area contributed by atoms with Gasteiger partial charge in [0.15, 0.2) is 5.79 Å². The summed E-state index contributed by atoms with van der Waals surface area (Å²) in [6, 6.07) is 2.06. The Labute approximate surface area is 108 Å². The Bertz CT molecular complexity index is 448.